The van der Waals surface area contributed by atoms with Crippen molar-refractivity contribution in [3.05, 3.63) is 24.2 Å². The number of rotatable bonds is 6. The maximum absolute atomic E-state index is 11.6. The highest BCUT2D eigenvalue weighted by atomic mass is 16.5. The number of carboxylic acid groups (broad SMARTS) is 1. The number of nitrogens with one attached hydrogen (secondary N) is 1. The molecule has 1 heterocycles. The van der Waals surface area contributed by atoms with Gasteiger partial charge in [0.25, 0.3) is 0 Å². The molecular weight excluding hydrogens is 262 g/mol. The largest absolute Gasteiger partial charge is 0.481 e. The fourth-order valence-corrected chi connectivity index (χ4v) is 2.32. The molecule has 1 amide bonds. The summed E-state index contributed by atoms with van der Waals surface area (Å²) >= 11 is 0. The van der Waals surface area contributed by atoms with E-state index in [-0.39, 0.29) is 24.5 Å². The molecule has 20 heavy (non-hydrogen) atoms. The molecule has 2 rings (SSSR count). The van der Waals surface area contributed by atoms with E-state index in [1.807, 2.05) is 0 Å². The third-order valence-electron chi connectivity index (χ3n) is 3.51. The van der Waals surface area contributed by atoms with E-state index in [1.165, 1.54) is 0 Å². The number of amides is 1. The van der Waals surface area contributed by atoms with Crippen molar-refractivity contribution in [2.24, 2.45) is 5.92 Å². The second-order valence-electron chi connectivity index (χ2n) is 4.98. The van der Waals surface area contributed by atoms with Crippen LogP contribution in [0.5, 0.6) is 0 Å². The number of hydrogen-bond donors (Lipinski definition) is 2. The van der Waals surface area contributed by atoms with Crippen molar-refractivity contribution in [2.45, 2.75) is 38.3 Å². The Labute approximate surface area is 117 Å². The normalized spacial score (nSPS) is 22.4. The van der Waals surface area contributed by atoms with E-state index in [0.717, 1.165) is 0 Å². The molecule has 1 aliphatic carbocycles. The molecule has 1 aromatic rings. The summed E-state index contributed by atoms with van der Waals surface area (Å²) in [5, 5.41) is 11.6. The summed E-state index contributed by atoms with van der Waals surface area (Å²) in [4.78, 5) is 22.4. The van der Waals surface area contributed by atoms with Crippen LogP contribution < -0.4 is 5.32 Å². The number of carboxylic acids is 1. The smallest absolute Gasteiger partial charge is 0.306 e. The lowest BCUT2D eigenvalue weighted by Crippen LogP contribution is -2.31. The van der Waals surface area contributed by atoms with Gasteiger partial charge in [-0.3, -0.25) is 9.59 Å². The van der Waals surface area contributed by atoms with Crippen molar-refractivity contribution >= 4 is 11.9 Å². The second kappa shape index (κ2) is 7.09. The van der Waals surface area contributed by atoms with Gasteiger partial charge in [-0.1, -0.05) is 0 Å². The third-order valence-corrected chi connectivity index (χ3v) is 3.51. The highest BCUT2D eigenvalue weighted by Crippen LogP contribution is 2.26. The highest BCUT2D eigenvalue weighted by Gasteiger charge is 2.26. The minimum atomic E-state index is -0.736. The van der Waals surface area contributed by atoms with Gasteiger partial charge in [0, 0.05) is 0 Å². The van der Waals surface area contributed by atoms with Crippen LogP contribution in [0, 0.1) is 5.92 Å². The lowest BCUT2D eigenvalue weighted by Gasteiger charge is -2.25. The van der Waals surface area contributed by atoms with E-state index in [9.17, 15) is 9.59 Å². The summed E-state index contributed by atoms with van der Waals surface area (Å²) in [5.74, 6) is -0.496. The van der Waals surface area contributed by atoms with Crippen molar-refractivity contribution in [2.75, 3.05) is 6.61 Å². The summed E-state index contributed by atoms with van der Waals surface area (Å²) in [6.45, 7) is 0.351. The molecule has 0 radical (unpaired) electrons. The molecule has 0 saturated heterocycles. The first-order chi connectivity index (χ1) is 9.65. The Morgan fingerprint density at radius 3 is 2.70 bits per heavy atom. The Kier molecular flexibility index (Phi) is 5.17. The van der Waals surface area contributed by atoms with Gasteiger partial charge >= 0.3 is 5.97 Å². The third kappa shape index (κ3) is 4.38. The van der Waals surface area contributed by atoms with Crippen molar-refractivity contribution in [1.82, 2.24) is 5.32 Å². The molecule has 6 nitrogen and oxygen atoms in total. The fraction of sp³-hybridized carbons (Fsp3) is 0.571. The van der Waals surface area contributed by atoms with Crippen LogP contribution in [0.4, 0.5) is 0 Å². The Morgan fingerprint density at radius 2 is 2.10 bits per heavy atom. The molecule has 1 fully saturated rings. The quantitative estimate of drug-likeness (QED) is 0.826. The monoisotopic (exact) mass is 281 g/mol. The topological polar surface area (TPSA) is 88.8 Å². The Balaban J connectivity index is 1.61. The molecule has 1 saturated carbocycles. The van der Waals surface area contributed by atoms with Crippen LogP contribution in [0.15, 0.2) is 22.8 Å². The van der Waals surface area contributed by atoms with E-state index in [4.69, 9.17) is 14.3 Å². The SMILES string of the molecule is O=C(COC1CCC(C(=O)O)CC1)NCc1ccco1. The molecule has 2 N–H and O–H groups in total. The van der Waals surface area contributed by atoms with Crippen LogP contribution >= 0.6 is 0 Å². The van der Waals surface area contributed by atoms with Crippen LogP contribution in [0.25, 0.3) is 0 Å². The molecule has 0 aromatic carbocycles. The molecule has 110 valence electrons. The summed E-state index contributed by atoms with van der Waals surface area (Å²) in [5.41, 5.74) is 0. The van der Waals surface area contributed by atoms with E-state index >= 15 is 0 Å². The van der Waals surface area contributed by atoms with E-state index < -0.39 is 5.97 Å². The van der Waals surface area contributed by atoms with Gasteiger partial charge in [-0.25, -0.2) is 0 Å². The zero-order valence-electron chi connectivity index (χ0n) is 11.2. The Bertz CT molecular complexity index is 434. The van der Waals surface area contributed by atoms with Crippen molar-refractivity contribution in [3.8, 4) is 0 Å². The number of ether oxygens (including phenoxy) is 1. The number of carbonyl (C=O) groups is 2. The average molecular weight is 281 g/mol. The van der Waals surface area contributed by atoms with Gasteiger partial charge in [0.15, 0.2) is 0 Å². The van der Waals surface area contributed by atoms with E-state index in [1.54, 1.807) is 18.4 Å². The van der Waals surface area contributed by atoms with Crippen LogP contribution in [0.1, 0.15) is 31.4 Å². The summed E-state index contributed by atoms with van der Waals surface area (Å²) < 4.78 is 10.6. The average Bonchev–Trinajstić information content (AvgIpc) is 2.96. The van der Waals surface area contributed by atoms with Gasteiger partial charge in [0.2, 0.25) is 5.91 Å². The van der Waals surface area contributed by atoms with Crippen molar-refractivity contribution in [1.29, 1.82) is 0 Å². The lowest BCUT2D eigenvalue weighted by molar-refractivity contribution is -0.144. The highest BCUT2D eigenvalue weighted by molar-refractivity contribution is 5.77. The first-order valence-electron chi connectivity index (χ1n) is 6.78. The molecular formula is C14H19NO5. The minimum absolute atomic E-state index is 0.00309. The molecule has 0 unspecified atom stereocenters. The zero-order chi connectivity index (χ0) is 14.4. The van der Waals surface area contributed by atoms with Gasteiger partial charge in [-0.05, 0) is 37.8 Å². The van der Waals surface area contributed by atoms with Crippen LogP contribution in [0.2, 0.25) is 0 Å². The van der Waals surface area contributed by atoms with Gasteiger partial charge in [0.1, 0.15) is 12.4 Å². The maximum atomic E-state index is 11.6. The van der Waals surface area contributed by atoms with Crippen LogP contribution in [0.3, 0.4) is 0 Å². The molecule has 0 spiro atoms. The Hall–Kier alpha value is -1.82. The molecule has 1 aromatic heterocycles. The first kappa shape index (κ1) is 14.6. The second-order valence-corrected chi connectivity index (χ2v) is 4.98. The van der Waals surface area contributed by atoms with Crippen molar-refractivity contribution in [3.63, 3.8) is 0 Å². The summed E-state index contributed by atoms with van der Waals surface area (Å²) in [6.07, 6.45) is 4.17. The molecule has 6 heteroatoms. The zero-order valence-corrected chi connectivity index (χ0v) is 11.2. The molecule has 0 atom stereocenters. The predicted molar refractivity (Wildman–Crippen MR) is 69.9 cm³/mol. The predicted octanol–water partition coefficient (Wildman–Crippen LogP) is 1.56. The molecule has 0 bridgehead atoms. The summed E-state index contributed by atoms with van der Waals surface area (Å²) in [7, 11) is 0. The fourth-order valence-electron chi connectivity index (χ4n) is 2.32. The number of hydrogen-bond acceptors (Lipinski definition) is 4. The standard InChI is InChI=1S/C14H19NO5/c16-13(15-8-12-2-1-7-19-12)9-20-11-5-3-10(4-6-11)14(17)18/h1-2,7,10-11H,3-6,8-9H2,(H,15,16)(H,17,18). The van der Waals surface area contributed by atoms with Gasteiger partial charge in [0.05, 0.1) is 24.8 Å². The van der Waals surface area contributed by atoms with Gasteiger partial charge in [-0.15, -0.1) is 0 Å². The molecule has 0 aliphatic heterocycles. The van der Waals surface area contributed by atoms with Crippen LogP contribution in [-0.2, 0) is 20.9 Å². The minimum Gasteiger partial charge on any atom is -0.481 e. The lowest BCUT2D eigenvalue weighted by atomic mass is 9.87. The van der Waals surface area contributed by atoms with Gasteiger partial charge < -0.3 is 19.6 Å². The van der Waals surface area contributed by atoms with Gasteiger partial charge in [-0.2, -0.15) is 0 Å². The number of aliphatic carboxylic acids is 1. The number of furan rings is 1. The van der Waals surface area contributed by atoms with E-state index in [0.29, 0.717) is 38.0 Å². The Morgan fingerprint density at radius 1 is 1.35 bits per heavy atom. The van der Waals surface area contributed by atoms with Crippen LogP contribution in [-0.4, -0.2) is 29.7 Å². The number of carbonyl (C=O) groups excluding carboxylic acids is 1. The molecule has 1 aliphatic rings. The first-order valence-corrected chi connectivity index (χ1v) is 6.78. The maximum Gasteiger partial charge on any atom is 0.306 e. The summed E-state index contributed by atoms with van der Waals surface area (Å²) in [6, 6.07) is 3.55. The van der Waals surface area contributed by atoms with E-state index in [2.05, 4.69) is 5.32 Å². The van der Waals surface area contributed by atoms with Crippen molar-refractivity contribution < 1.29 is 23.8 Å².